The lowest BCUT2D eigenvalue weighted by molar-refractivity contribution is -0.141. The fourth-order valence-corrected chi connectivity index (χ4v) is 5.23. The van der Waals surface area contributed by atoms with Crippen molar-refractivity contribution in [1.29, 1.82) is 0 Å². The lowest BCUT2D eigenvalue weighted by Gasteiger charge is -2.22. The van der Waals surface area contributed by atoms with Crippen molar-refractivity contribution in [2.45, 2.75) is 71.2 Å². The molecular weight excluding hydrogens is 539 g/mol. The number of nitrogens with zero attached hydrogens (tertiary/aromatic N) is 2. The largest absolute Gasteiger partial charge is 0.485 e. The Labute approximate surface area is 244 Å². The monoisotopic (exact) mass is 575 g/mol. The molecule has 220 valence electrons. The van der Waals surface area contributed by atoms with Crippen molar-refractivity contribution in [3.8, 4) is 11.4 Å². The van der Waals surface area contributed by atoms with Crippen LogP contribution in [0.1, 0.15) is 82.7 Å². The lowest BCUT2D eigenvalue weighted by atomic mass is 9.95. The first kappa shape index (κ1) is 29.6. The van der Waals surface area contributed by atoms with E-state index in [1.165, 1.54) is 12.8 Å². The molecule has 0 saturated heterocycles. The van der Waals surface area contributed by atoms with Gasteiger partial charge in [-0.2, -0.15) is 18.3 Å². The van der Waals surface area contributed by atoms with E-state index in [1.54, 1.807) is 24.3 Å². The number of Topliss-reactive ketones (excluding diaryl/α,β-unsaturated/α-hetero) is 1. The number of benzene rings is 3. The van der Waals surface area contributed by atoms with Gasteiger partial charge in [0, 0.05) is 19.0 Å². The van der Waals surface area contributed by atoms with Crippen molar-refractivity contribution in [2.75, 3.05) is 0 Å². The van der Waals surface area contributed by atoms with Crippen LogP contribution >= 0.6 is 0 Å². The van der Waals surface area contributed by atoms with Gasteiger partial charge in [0.2, 0.25) is 0 Å². The topological polar surface area (TPSA) is 70.1 Å². The minimum Gasteiger partial charge on any atom is -0.485 e. The number of hydrogen-bond donors (Lipinski definition) is 1. The van der Waals surface area contributed by atoms with E-state index in [2.05, 4.69) is 18.1 Å². The zero-order chi connectivity index (χ0) is 29.9. The molecule has 0 aliphatic heterocycles. The molecule has 1 unspecified atom stereocenters. The second-order valence-electron chi connectivity index (χ2n) is 11.1. The summed E-state index contributed by atoms with van der Waals surface area (Å²) in [5.41, 5.74) is 9.30. The summed E-state index contributed by atoms with van der Waals surface area (Å²) >= 11 is 0. The Kier molecular flexibility index (Phi) is 8.82. The molecule has 1 atom stereocenters. The first-order chi connectivity index (χ1) is 20.2. The number of carbonyl (C=O) groups is 1. The van der Waals surface area contributed by atoms with Crippen molar-refractivity contribution < 1.29 is 22.7 Å². The normalized spacial score (nSPS) is 14.1. The molecule has 0 amide bonds. The van der Waals surface area contributed by atoms with Crippen LogP contribution < -0.4 is 10.5 Å². The summed E-state index contributed by atoms with van der Waals surface area (Å²) in [6, 6.07) is 21.5. The average molecular weight is 576 g/mol. The van der Waals surface area contributed by atoms with E-state index in [0.29, 0.717) is 5.69 Å². The molecule has 2 N–H and O–H groups in total. The summed E-state index contributed by atoms with van der Waals surface area (Å²) in [7, 11) is 0. The molecule has 1 aliphatic carbocycles. The van der Waals surface area contributed by atoms with Gasteiger partial charge in [0.25, 0.3) is 0 Å². The lowest BCUT2D eigenvalue weighted by Crippen LogP contribution is -2.14. The number of ketones is 1. The van der Waals surface area contributed by atoms with Crippen molar-refractivity contribution >= 4 is 5.78 Å². The van der Waals surface area contributed by atoms with Crippen molar-refractivity contribution in [1.82, 2.24) is 9.78 Å². The number of ether oxygens (including phenoxy) is 1. The molecule has 5 rings (SSSR count). The highest BCUT2D eigenvalue weighted by Gasteiger charge is 2.36. The standard InChI is InChI=1S/C34H36F3N3O2/c1-3-25-8-4-5-10-31(25)42-32(16-14-23-12-13-23)26-15-11-22(2)27(18-26)19-30(41)29-20-33(34(35,36)37)39-40(29)28-9-6-7-24(17-28)21-38/h4-11,15,17-18,20,23,32H,3,12-14,16,19,21,38H2,1-2H3. The van der Waals surface area contributed by atoms with Gasteiger partial charge in [-0.15, -0.1) is 0 Å². The third-order valence-electron chi connectivity index (χ3n) is 7.93. The molecule has 1 saturated carbocycles. The van der Waals surface area contributed by atoms with E-state index < -0.39 is 17.7 Å². The molecule has 3 aromatic carbocycles. The Hall–Kier alpha value is -3.91. The Balaban J connectivity index is 1.46. The van der Waals surface area contributed by atoms with E-state index >= 15 is 0 Å². The molecule has 1 fully saturated rings. The Morgan fingerprint density at radius 2 is 1.83 bits per heavy atom. The molecule has 1 aromatic heterocycles. The van der Waals surface area contributed by atoms with Gasteiger partial charge >= 0.3 is 6.18 Å². The molecule has 4 aromatic rings. The molecule has 0 radical (unpaired) electrons. The van der Waals surface area contributed by atoms with Gasteiger partial charge < -0.3 is 10.5 Å². The second kappa shape index (κ2) is 12.5. The fourth-order valence-electron chi connectivity index (χ4n) is 5.23. The van der Waals surface area contributed by atoms with Crippen molar-refractivity contribution in [2.24, 2.45) is 11.7 Å². The van der Waals surface area contributed by atoms with E-state index in [0.717, 1.165) is 69.5 Å². The quantitative estimate of drug-likeness (QED) is 0.174. The van der Waals surface area contributed by atoms with Crippen LogP contribution in [0.5, 0.6) is 5.75 Å². The number of halogens is 3. The predicted octanol–water partition coefficient (Wildman–Crippen LogP) is 7.96. The summed E-state index contributed by atoms with van der Waals surface area (Å²) in [5, 5.41) is 3.78. The number of hydrogen-bond acceptors (Lipinski definition) is 4. The summed E-state index contributed by atoms with van der Waals surface area (Å²) in [6.07, 6.45) is 0.278. The third-order valence-corrected chi connectivity index (χ3v) is 7.93. The number of rotatable bonds is 12. The number of nitrogens with two attached hydrogens (primary N) is 1. The average Bonchev–Trinajstić information content (AvgIpc) is 3.70. The van der Waals surface area contributed by atoms with Gasteiger partial charge in [0.1, 0.15) is 17.5 Å². The molecular formula is C34H36F3N3O2. The Bertz CT molecular complexity index is 1560. The van der Waals surface area contributed by atoms with Gasteiger partial charge in [-0.25, -0.2) is 4.68 Å². The summed E-state index contributed by atoms with van der Waals surface area (Å²) in [6.45, 7) is 4.21. The molecule has 42 heavy (non-hydrogen) atoms. The van der Waals surface area contributed by atoms with Gasteiger partial charge in [-0.3, -0.25) is 4.79 Å². The van der Waals surface area contributed by atoms with Gasteiger partial charge in [-0.1, -0.05) is 68.3 Å². The zero-order valence-electron chi connectivity index (χ0n) is 24.0. The van der Waals surface area contributed by atoms with E-state index in [4.69, 9.17) is 10.5 Å². The molecule has 1 heterocycles. The smallest absolute Gasteiger partial charge is 0.435 e. The minimum atomic E-state index is -4.69. The van der Waals surface area contributed by atoms with E-state index in [1.807, 2.05) is 43.3 Å². The fraction of sp³-hybridized carbons (Fsp3) is 0.353. The summed E-state index contributed by atoms with van der Waals surface area (Å²) in [5.74, 6) is 1.12. The Morgan fingerprint density at radius 3 is 2.55 bits per heavy atom. The SMILES string of the molecule is CCc1ccccc1OC(CCC1CC1)c1ccc(C)c(CC(=O)c2cc(C(F)(F)F)nn2-c2cccc(CN)c2)c1. The van der Waals surface area contributed by atoms with Crippen LogP contribution in [-0.2, 0) is 25.6 Å². The zero-order valence-corrected chi connectivity index (χ0v) is 24.0. The van der Waals surface area contributed by atoms with Crippen LogP contribution in [-0.4, -0.2) is 15.6 Å². The molecule has 0 bridgehead atoms. The highest BCUT2D eigenvalue weighted by molar-refractivity contribution is 5.97. The van der Waals surface area contributed by atoms with Crippen LogP contribution in [0.25, 0.3) is 5.69 Å². The summed E-state index contributed by atoms with van der Waals surface area (Å²) < 4.78 is 48.7. The highest BCUT2D eigenvalue weighted by Crippen LogP contribution is 2.38. The third kappa shape index (κ3) is 6.93. The number of para-hydroxylation sites is 1. The maximum atomic E-state index is 13.7. The molecule has 5 nitrogen and oxygen atoms in total. The van der Waals surface area contributed by atoms with Gasteiger partial charge in [0.15, 0.2) is 11.5 Å². The van der Waals surface area contributed by atoms with Gasteiger partial charge in [-0.05, 0) is 78.1 Å². The van der Waals surface area contributed by atoms with Crippen LogP contribution in [0.3, 0.4) is 0 Å². The van der Waals surface area contributed by atoms with Gasteiger partial charge in [0.05, 0.1) is 5.69 Å². The van der Waals surface area contributed by atoms with E-state index in [9.17, 15) is 18.0 Å². The number of carbonyl (C=O) groups excluding carboxylic acids is 1. The molecule has 8 heteroatoms. The maximum absolute atomic E-state index is 13.7. The molecule has 1 aliphatic rings. The summed E-state index contributed by atoms with van der Waals surface area (Å²) in [4.78, 5) is 13.7. The second-order valence-corrected chi connectivity index (χ2v) is 11.1. The molecule has 0 spiro atoms. The van der Waals surface area contributed by atoms with Crippen molar-refractivity contribution in [3.05, 3.63) is 112 Å². The van der Waals surface area contributed by atoms with Crippen LogP contribution in [0.15, 0.2) is 72.8 Å². The van der Waals surface area contributed by atoms with Crippen LogP contribution in [0.2, 0.25) is 0 Å². The minimum absolute atomic E-state index is 0.0693. The van der Waals surface area contributed by atoms with Crippen LogP contribution in [0.4, 0.5) is 13.2 Å². The first-order valence-corrected chi connectivity index (χ1v) is 14.5. The van der Waals surface area contributed by atoms with E-state index in [-0.39, 0.29) is 24.8 Å². The number of aromatic nitrogens is 2. The van der Waals surface area contributed by atoms with Crippen molar-refractivity contribution in [3.63, 3.8) is 0 Å². The Morgan fingerprint density at radius 1 is 1.05 bits per heavy atom. The first-order valence-electron chi connectivity index (χ1n) is 14.5. The number of aryl methyl sites for hydroxylation is 2. The highest BCUT2D eigenvalue weighted by atomic mass is 19.4. The maximum Gasteiger partial charge on any atom is 0.435 e. The number of alkyl halides is 3. The van der Waals surface area contributed by atoms with Crippen LogP contribution in [0, 0.1) is 12.8 Å². The predicted molar refractivity (Wildman–Crippen MR) is 157 cm³/mol.